The summed E-state index contributed by atoms with van der Waals surface area (Å²) in [6.07, 6.45) is 1.76. The molecule has 8 nitrogen and oxygen atoms in total. The molecule has 0 saturated heterocycles. The van der Waals surface area contributed by atoms with Crippen LogP contribution in [0.15, 0.2) is 0 Å². The third kappa shape index (κ3) is 3.67. The van der Waals surface area contributed by atoms with Crippen LogP contribution in [-0.4, -0.2) is 35.0 Å². The second-order valence-electron chi connectivity index (χ2n) is 4.21. The van der Waals surface area contributed by atoms with Crippen LogP contribution in [0.3, 0.4) is 0 Å². The molecule has 0 spiro atoms. The summed E-state index contributed by atoms with van der Waals surface area (Å²) in [5.74, 6) is 0.456. The van der Waals surface area contributed by atoms with Crippen molar-refractivity contribution in [2.24, 2.45) is 0 Å². The van der Waals surface area contributed by atoms with E-state index in [2.05, 4.69) is 15.3 Å². The van der Waals surface area contributed by atoms with Crippen LogP contribution in [0.1, 0.15) is 26.7 Å². The number of nitrogens with zero attached hydrogens (tertiary/aromatic N) is 4. The summed E-state index contributed by atoms with van der Waals surface area (Å²) in [6, 6.07) is 0. The molecule has 0 aliphatic rings. The highest BCUT2D eigenvalue weighted by Gasteiger charge is 2.23. The summed E-state index contributed by atoms with van der Waals surface area (Å²) in [4.78, 5) is 20.4. The number of nitrogens with two attached hydrogens (primary N) is 1. The predicted molar refractivity (Wildman–Crippen MR) is 75.4 cm³/mol. The second-order valence-corrected chi connectivity index (χ2v) is 4.21. The molecule has 1 aromatic rings. The molecule has 1 aromatic heterocycles. The van der Waals surface area contributed by atoms with Gasteiger partial charge in [-0.1, -0.05) is 13.8 Å². The van der Waals surface area contributed by atoms with Crippen LogP contribution < -0.4 is 16.0 Å². The standard InChI is InChI=1S/C11H20N6O2/c1-4-6-13-10-8(17(18)19)9(12)14-11(15-10)16(3)7-5-2/h4-7H2,1-3H3,(H3,12,13,14,15). The van der Waals surface area contributed by atoms with Crippen molar-refractivity contribution >= 4 is 23.3 Å². The first kappa shape index (κ1) is 14.9. The molecule has 0 atom stereocenters. The number of nitro groups is 1. The smallest absolute Gasteiger partial charge is 0.353 e. The molecule has 0 aromatic carbocycles. The molecular formula is C11H20N6O2. The van der Waals surface area contributed by atoms with Crippen LogP contribution in [0.25, 0.3) is 0 Å². The van der Waals surface area contributed by atoms with Gasteiger partial charge in [-0.3, -0.25) is 10.1 Å². The minimum Gasteiger partial charge on any atom is -0.378 e. The van der Waals surface area contributed by atoms with Crippen molar-refractivity contribution in [1.29, 1.82) is 0 Å². The van der Waals surface area contributed by atoms with E-state index in [1.54, 1.807) is 0 Å². The molecule has 0 saturated carbocycles. The van der Waals surface area contributed by atoms with E-state index >= 15 is 0 Å². The summed E-state index contributed by atoms with van der Waals surface area (Å²) in [5, 5.41) is 13.9. The molecule has 3 N–H and O–H groups in total. The van der Waals surface area contributed by atoms with Crippen molar-refractivity contribution in [3.8, 4) is 0 Å². The number of aromatic nitrogens is 2. The van der Waals surface area contributed by atoms with Gasteiger partial charge >= 0.3 is 5.69 Å². The van der Waals surface area contributed by atoms with Crippen molar-refractivity contribution in [2.75, 3.05) is 36.1 Å². The lowest BCUT2D eigenvalue weighted by Crippen LogP contribution is -2.22. The maximum Gasteiger partial charge on any atom is 0.353 e. The van der Waals surface area contributed by atoms with Gasteiger partial charge in [-0.05, 0) is 12.8 Å². The van der Waals surface area contributed by atoms with Gasteiger partial charge in [0.05, 0.1) is 4.92 Å². The van der Waals surface area contributed by atoms with Crippen LogP contribution in [0.2, 0.25) is 0 Å². The largest absolute Gasteiger partial charge is 0.378 e. The molecule has 19 heavy (non-hydrogen) atoms. The van der Waals surface area contributed by atoms with Gasteiger partial charge in [-0.15, -0.1) is 0 Å². The highest BCUT2D eigenvalue weighted by atomic mass is 16.6. The first-order valence-electron chi connectivity index (χ1n) is 6.28. The molecule has 0 aliphatic heterocycles. The molecule has 106 valence electrons. The number of hydrogen-bond acceptors (Lipinski definition) is 7. The highest BCUT2D eigenvalue weighted by Crippen LogP contribution is 2.29. The fraction of sp³-hybridized carbons (Fsp3) is 0.636. The van der Waals surface area contributed by atoms with Crippen molar-refractivity contribution < 1.29 is 4.92 Å². The zero-order chi connectivity index (χ0) is 14.4. The Morgan fingerprint density at radius 1 is 1.37 bits per heavy atom. The number of rotatable bonds is 7. The summed E-state index contributed by atoms with van der Waals surface area (Å²) in [7, 11) is 1.83. The van der Waals surface area contributed by atoms with Crippen molar-refractivity contribution in [3.63, 3.8) is 0 Å². The van der Waals surface area contributed by atoms with Gasteiger partial charge in [0.15, 0.2) is 0 Å². The Labute approximate surface area is 112 Å². The fourth-order valence-corrected chi connectivity index (χ4v) is 1.61. The van der Waals surface area contributed by atoms with Crippen LogP contribution in [-0.2, 0) is 0 Å². The number of hydrogen-bond donors (Lipinski definition) is 2. The fourth-order valence-electron chi connectivity index (χ4n) is 1.61. The molecule has 1 heterocycles. The van der Waals surface area contributed by atoms with Gasteiger partial charge in [0.25, 0.3) is 0 Å². The Morgan fingerprint density at radius 2 is 2.05 bits per heavy atom. The molecule has 0 bridgehead atoms. The number of nitrogens with one attached hydrogen (secondary N) is 1. The molecule has 0 fully saturated rings. The SMILES string of the molecule is CCCNc1nc(N(C)CCC)nc(N)c1[N+](=O)[O-]. The van der Waals surface area contributed by atoms with Crippen LogP contribution in [0, 0.1) is 10.1 Å². The lowest BCUT2D eigenvalue weighted by Gasteiger charge is -2.17. The minimum atomic E-state index is -0.559. The van der Waals surface area contributed by atoms with Gasteiger partial charge < -0.3 is 16.0 Å². The Kier molecular flexibility index (Phi) is 5.28. The molecule has 0 amide bonds. The molecule has 0 aliphatic carbocycles. The van der Waals surface area contributed by atoms with Crippen LogP contribution >= 0.6 is 0 Å². The zero-order valence-electron chi connectivity index (χ0n) is 11.5. The van der Waals surface area contributed by atoms with Gasteiger partial charge in [-0.2, -0.15) is 9.97 Å². The van der Waals surface area contributed by atoms with Crippen molar-refractivity contribution in [1.82, 2.24) is 9.97 Å². The van der Waals surface area contributed by atoms with E-state index < -0.39 is 4.92 Å². The van der Waals surface area contributed by atoms with Crippen molar-refractivity contribution in [3.05, 3.63) is 10.1 Å². The quantitative estimate of drug-likeness (QED) is 0.571. The Balaban J connectivity index is 3.18. The maximum absolute atomic E-state index is 11.0. The lowest BCUT2D eigenvalue weighted by atomic mass is 10.4. The second kappa shape index (κ2) is 6.72. The first-order chi connectivity index (χ1) is 9.01. The van der Waals surface area contributed by atoms with E-state index in [1.807, 2.05) is 25.8 Å². The monoisotopic (exact) mass is 268 g/mol. The molecular weight excluding hydrogens is 248 g/mol. The third-order valence-electron chi connectivity index (χ3n) is 2.52. The summed E-state index contributed by atoms with van der Waals surface area (Å²) < 4.78 is 0. The van der Waals surface area contributed by atoms with E-state index in [0.29, 0.717) is 12.5 Å². The van der Waals surface area contributed by atoms with E-state index in [9.17, 15) is 10.1 Å². The molecule has 0 unspecified atom stereocenters. The zero-order valence-corrected chi connectivity index (χ0v) is 11.5. The first-order valence-corrected chi connectivity index (χ1v) is 6.28. The maximum atomic E-state index is 11.0. The highest BCUT2D eigenvalue weighted by molar-refractivity contribution is 5.70. The topological polar surface area (TPSA) is 110 Å². The number of nitrogen functional groups attached to an aromatic ring is 1. The van der Waals surface area contributed by atoms with Crippen LogP contribution in [0.5, 0.6) is 0 Å². The van der Waals surface area contributed by atoms with Gasteiger partial charge in [0.2, 0.25) is 17.6 Å². The predicted octanol–water partition coefficient (Wildman–Crippen LogP) is 1.64. The average Bonchev–Trinajstić information content (AvgIpc) is 2.35. The Hall–Kier alpha value is -2.12. The number of anilines is 3. The normalized spacial score (nSPS) is 10.3. The molecule has 8 heteroatoms. The summed E-state index contributed by atoms with van der Waals surface area (Å²) >= 11 is 0. The lowest BCUT2D eigenvalue weighted by molar-refractivity contribution is -0.383. The summed E-state index contributed by atoms with van der Waals surface area (Å²) in [5.41, 5.74) is 5.41. The molecule has 1 rings (SSSR count). The average molecular weight is 268 g/mol. The van der Waals surface area contributed by atoms with Gasteiger partial charge in [0.1, 0.15) is 0 Å². The van der Waals surface area contributed by atoms with E-state index in [4.69, 9.17) is 5.73 Å². The van der Waals surface area contributed by atoms with Gasteiger partial charge in [-0.25, -0.2) is 0 Å². The van der Waals surface area contributed by atoms with Crippen LogP contribution in [0.4, 0.5) is 23.3 Å². The molecule has 0 radical (unpaired) electrons. The third-order valence-corrected chi connectivity index (χ3v) is 2.52. The summed E-state index contributed by atoms with van der Waals surface area (Å²) in [6.45, 7) is 5.34. The van der Waals surface area contributed by atoms with Crippen molar-refractivity contribution in [2.45, 2.75) is 26.7 Å². The minimum absolute atomic E-state index is 0.114. The van der Waals surface area contributed by atoms with Gasteiger partial charge in [0, 0.05) is 20.1 Å². The Bertz CT molecular complexity index is 451. The Morgan fingerprint density at radius 3 is 2.58 bits per heavy atom. The van der Waals surface area contributed by atoms with E-state index in [0.717, 1.165) is 19.4 Å². The van der Waals surface area contributed by atoms with E-state index in [-0.39, 0.29) is 17.3 Å². The van der Waals surface area contributed by atoms with E-state index in [1.165, 1.54) is 0 Å².